The SMILES string of the molecule is CNC(=O)c1ccc(NC(=O)CSCc2cccc3ccccc23)cc1. The standard InChI is InChI=1S/C21H20N2O2S/c1-22-21(25)16-9-11-18(12-10-16)23-20(24)14-26-13-17-7-4-6-15-5-2-3-8-19(15)17/h2-12H,13-14H2,1H3,(H,22,25)(H,23,24). The van der Waals surface area contributed by atoms with E-state index in [-0.39, 0.29) is 11.8 Å². The molecule has 0 spiro atoms. The summed E-state index contributed by atoms with van der Waals surface area (Å²) < 4.78 is 0. The predicted molar refractivity (Wildman–Crippen MR) is 109 cm³/mol. The zero-order chi connectivity index (χ0) is 18.4. The van der Waals surface area contributed by atoms with Crippen LogP contribution in [0.2, 0.25) is 0 Å². The lowest BCUT2D eigenvalue weighted by molar-refractivity contribution is -0.113. The highest BCUT2D eigenvalue weighted by molar-refractivity contribution is 7.99. The Hall–Kier alpha value is -2.79. The molecule has 0 aromatic heterocycles. The fourth-order valence-corrected chi connectivity index (χ4v) is 3.55. The molecule has 5 heteroatoms. The first kappa shape index (κ1) is 18.0. The number of rotatable bonds is 6. The molecule has 0 fully saturated rings. The van der Waals surface area contributed by atoms with E-state index in [1.54, 1.807) is 43.1 Å². The van der Waals surface area contributed by atoms with Crippen molar-refractivity contribution in [1.29, 1.82) is 0 Å². The Bertz CT molecular complexity index is 917. The Balaban J connectivity index is 1.53. The molecule has 3 aromatic rings. The van der Waals surface area contributed by atoms with Crippen LogP contribution in [0.1, 0.15) is 15.9 Å². The van der Waals surface area contributed by atoms with Gasteiger partial charge in [0.15, 0.2) is 0 Å². The van der Waals surface area contributed by atoms with Crippen molar-refractivity contribution in [2.24, 2.45) is 0 Å². The lowest BCUT2D eigenvalue weighted by atomic mass is 10.1. The van der Waals surface area contributed by atoms with E-state index >= 15 is 0 Å². The minimum absolute atomic E-state index is 0.0528. The minimum Gasteiger partial charge on any atom is -0.355 e. The van der Waals surface area contributed by atoms with Crippen molar-refractivity contribution in [1.82, 2.24) is 5.32 Å². The van der Waals surface area contributed by atoms with Crippen molar-refractivity contribution in [3.63, 3.8) is 0 Å². The highest BCUT2D eigenvalue weighted by Gasteiger charge is 2.06. The van der Waals surface area contributed by atoms with Crippen LogP contribution in [0.15, 0.2) is 66.7 Å². The van der Waals surface area contributed by atoms with E-state index in [0.717, 1.165) is 5.75 Å². The summed E-state index contributed by atoms with van der Waals surface area (Å²) in [4.78, 5) is 23.6. The fraction of sp³-hybridized carbons (Fsp3) is 0.143. The maximum atomic E-state index is 12.1. The third-order valence-corrected chi connectivity index (χ3v) is 5.01. The lowest BCUT2D eigenvalue weighted by Crippen LogP contribution is -2.18. The van der Waals surface area contributed by atoms with Gasteiger partial charge in [-0.1, -0.05) is 42.5 Å². The fourth-order valence-electron chi connectivity index (χ4n) is 2.72. The number of thioether (sulfide) groups is 1. The number of anilines is 1. The Kier molecular flexibility index (Phi) is 5.92. The van der Waals surface area contributed by atoms with Crippen LogP contribution in [0.4, 0.5) is 5.69 Å². The monoisotopic (exact) mass is 364 g/mol. The van der Waals surface area contributed by atoms with Crippen LogP contribution in [-0.4, -0.2) is 24.6 Å². The van der Waals surface area contributed by atoms with E-state index in [0.29, 0.717) is 17.0 Å². The Morgan fingerprint density at radius 3 is 2.42 bits per heavy atom. The van der Waals surface area contributed by atoms with Gasteiger partial charge in [0, 0.05) is 24.1 Å². The van der Waals surface area contributed by atoms with Crippen molar-refractivity contribution in [2.75, 3.05) is 18.1 Å². The number of carbonyl (C=O) groups excluding carboxylic acids is 2. The highest BCUT2D eigenvalue weighted by atomic mass is 32.2. The van der Waals surface area contributed by atoms with Crippen LogP contribution in [0, 0.1) is 0 Å². The van der Waals surface area contributed by atoms with Gasteiger partial charge in [0.05, 0.1) is 5.75 Å². The molecule has 2 N–H and O–H groups in total. The van der Waals surface area contributed by atoms with Crippen LogP contribution in [-0.2, 0) is 10.5 Å². The molecule has 0 unspecified atom stereocenters. The highest BCUT2D eigenvalue weighted by Crippen LogP contribution is 2.22. The van der Waals surface area contributed by atoms with Gasteiger partial charge in [-0.2, -0.15) is 0 Å². The molecule has 0 aliphatic heterocycles. The first-order valence-corrected chi connectivity index (χ1v) is 9.49. The number of carbonyl (C=O) groups is 2. The van der Waals surface area contributed by atoms with Crippen molar-refractivity contribution in [2.45, 2.75) is 5.75 Å². The molecular weight excluding hydrogens is 344 g/mol. The number of hydrogen-bond donors (Lipinski definition) is 2. The Morgan fingerprint density at radius 1 is 0.923 bits per heavy atom. The molecule has 132 valence electrons. The van der Waals surface area contributed by atoms with Gasteiger partial charge < -0.3 is 10.6 Å². The Morgan fingerprint density at radius 2 is 1.65 bits per heavy atom. The van der Waals surface area contributed by atoms with E-state index in [4.69, 9.17) is 0 Å². The summed E-state index contributed by atoms with van der Waals surface area (Å²) in [6.07, 6.45) is 0. The first-order chi connectivity index (χ1) is 12.7. The summed E-state index contributed by atoms with van der Waals surface area (Å²) in [5, 5.41) is 7.87. The molecule has 0 radical (unpaired) electrons. The second-order valence-electron chi connectivity index (χ2n) is 5.84. The van der Waals surface area contributed by atoms with Gasteiger partial charge in [0.2, 0.25) is 5.91 Å². The van der Waals surface area contributed by atoms with Crippen LogP contribution in [0.5, 0.6) is 0 Å². The van der Waals surface area contributed by atoms with Crippen molar-refractivity contribution in [3.05, 3.63) is 77.9 Å². The van der Waals surface area contributed by atoms with Crippen LogP contribution in [0.25, 0.3) is 10.8 Å². The van der Waals surface area contributed by atoms with Crippen LogP contribution in [0.3, 0.4) is 0 Å². The third-order valence-electron chi connectivity index (χ3n) is 4.03. The van der Waals surface area contributed by atoms with E-state index < -0.39 is 0 Å². The van der Waals surface area contributed by atoms with Crippen LogP contribution >= 0.6 is 11.8 Å². The van der Waals surface area contributed by atoms with E-state index in [9.17, 15) is 9.59 Å². The summed E-state index contributed by atoms with van der Waals surface area (Å²) in [6.45, 7) is 0. The maximum absolute atomic E-state index is 12.1. The number of amides is 2. The van der Waals surface area contributed by atoms with Gasteiger partial charge in [-0.25, -0.2) is 0 Å². The molecular formula is C21H20N2O2S. The number of fused-ring (bicyclic) bond motifs is 1. The molecule has 3 rings (SSSR count). The van der Waals surface area contributed by atoms with Gasteiger partial charge in [-0.3, -0.25) is 9.59 Å². The summed E-state index contributed by atoms with van der Waals surface area (Å²) in [7, 11) is 1.59. The average Bonchev–Trinajstić information content (AvgIpc) is 2.68. The summed E-state index contributed by atoms with van der Waals surface area (Å²) >= 11 is 1.58. The zero-order valence-corrected chi connectivity index (χ0v) is 15.3. The molecule has 3 aromatic carbocycles. The van der Waals surface area contributed by atoms with Crippen molar-refractivity contribution < 1.29 is 9.59 Å². The van der Waals surface area contributed by atoms with Crippen LogP contribution < -0.4 is 10.6 Å². The van der Waals surface area contributed by atoms with Gasteiger partial charge in [0.1, 0.15) is 0 Å². The molecule has 0 saturated heterocycles. The molecule has 0 bridgehead atoms. The average molecular weight is 364 g/mol. The quantitative estimate of drug-likeness (QED) is 0.693. The maximum Gasteiger partial charge on any atom is 0.251 e. The third kappa shape index (κ3) is 4.43. The predicted octanol–water partition coefficient (Wildman–Crippen LogP) is 4.07. The number of benzene rings is 3. The van der Waals surface area contributed by atoms with Gasteiger partial charge >= 0.3 is 0 Å². The molecule has 0 heterocycles. The lowest BCUT2D eigenvalue weighted by Gasteiger charge is -2.08. The largest absolute Gasteiger partial charge is 0.355 e. The minimum atomic E-state index is -0.145. The molecule has 0 saturated carbocycles. The number of nitrogens with one attached hydrogen (secondary N) is 2. The molecule has 0 aliphatic carbocycles. The van der Waals surface area contributed by atoms with E-state index in [1.165, 1.54) is 16.3 Å². The van der Waals surface area contributed by atoms with Crippen molar-refractivity contribution >= 4 is 40.0 Å². The second kappa shape index (κ2) is 8.54. The zero-order valence-electron chi connectivity index (χ0n) is 14.5. The van der Waals surface area contributed by atoms with Gasteiger partial charge in [-0.15, -0.1) is 11.8 Å². The molecule has 2 amide bonds. The van der Waals surface area contributed by atoms with E-state index in [2.05, 4.69) is 34.9 Å². The Labute approximate surface area is 157 Å². The first-order valence-electron chi connectivity index (χ1n) is 8.34. The molecule has 0 aliphatic rings. The second-order valence-corrected chi connectivity index (χ2v) is 6.82. The molecule has 4 nitrogen and oxygen atoms in total. The van der Waals surface area contributed by atoms with Gasteiger partial charge in [0.25, 0.3) is 5.91 Å². The topological polar surface area (TPSA) is 58.2 Å². The van der Waals surface area contributed by atoms with Gasteiger partial charge in [-0.05, 0) is 40.6 Å². The summed E-state index contributed by atoms with van der Waals surface area (Å²) in [6, 6.07) is 21.4. The van der Waals surface area contributed by atoms with Crippen molar-refractivity contribution in [3.8, 4) is 0 Å². The molecule has 26 heavy (non-hydrogen) atoms. The molecule has 0 atom stereocenters. The number of hydrogen-bond acceptors (Lipinski definition) is 3. The normalized spacial score (nSPS) is 10.5. The smallest absolute Gasteiger partial charge is 0.251 e. The summed E-state index contributed by atoms with van der Waals surface area (Å²) in [5.74, 6) is 0.960. The van der Waals surface area contributed by atoms with E-state index in [1.807, 2.05) is 18.2 Å². The summed E-state index contributed by atoms with van der Waals surface area (Å²) in [5.41, 5.74) is 2.49.